The summed E-state index contributed by atoms with van der Waals surface area (Å²) in [7, 11) is 1.51. The van der Waals surface area contributed by atoms with Crippen molar-refractivity contribution in [2.75, 3.05) is 13.7 Å². The van der Waals surface area contributed by atoms with Crippen molar-refractivity contribution in [1.29, 1.82) is 0 Å². The summed E-state index contributed by atoms with van der Waals surface area (Å²) in [6.45, 7) is 3.23. The molecule has 8 heteroatoms. The molecule has 2 heterocycles. The molecule has 0 saturated carbocycles. The molecule has 1 aromatic rings. The second-order valence-electron chi connectivity index (χ2n) is 6.26. The lowest BCUT2D eigenvalue weighted by atomic mass is 9.98. The number of nitrogens with one attached hydrogen (secondary N) is 1. The zero-order valence-electron chi connectivity index (χ0n) is 14.9. The van der Waals surface area contributed by atoms with E-state index in [-0.39, 0.29) is 22.4 Å². The number of methoxy groups -OCH3 is 1. The van der Waals surface area contributed by atoms with Crippen molar-refractivity contribution in [2.45, 2.75) is 49.9 Å². The van der Waals surface area contributed by atoms with E-state index in [1.807, 2.05) is 30.3 Å². The van der Waals surface area contributed by atoms with Crippen molar-refractivity contribution in [3.8, 4) is 0 Å². The summed E-state index contributed by atoms with van der Waals surface area (Å²) in [5, 5.41) is 2.43. The fourth-order valence-corrected chi connectivity index (χ4v) is 4.37. The summed E-state index contributed by atoms with van der Waals surface area (Å²) in [6, 6.07) is 9.07. The molecule has 6 atom stereocenters. The molecule has 1 N–H and O–H groups in total. The fourth-order valence-electron chi connectivity index (χ4n) is 3.27. The zero-order valence-corrected chi connectivity index (χ0v) is 15.7. The van der Waals surface area contributed by atoms with Crippen LogP contribution in [0, 0.1) is 0 Å². The molecule has 0 aliphatic carbocycles. The highest BCUT2D eigenvalue weighted by atomic mass is 32.2. The molecule has 0 unspecified atom stereocenters. The molecule has 2 fully saturated rings. The van der Waals surface area contributed by atoms with E-state index in [0.717, 1.165) is 17.3 Å². The number of carbonyl (C=O) groups is 2. The van der Waals surface area contributed by atoms with Crippen molar-refractivity contribution in [3.05, 3.63) is 35.9 Å². The Balaban J connectivity index is 1.86. The van der Waals surface area contributed by atoms with Crippen molar-refractivity contribution in [3.63, 3.8) is 0 Å². The van der Waals surface area contributed by atoms with Crippen LogP contribution in [-0.2, 0) is 28.5 Å². The molecule has 2 saturated heterocycles. The molecule has 0 radical (unpaired) electrons. The van der Waals surface area contributed by atoms with Crippen LogP contribution in [-0.4, -0.2) is 54.5 Å². The van der Waals surface area contributed by atoms with Crippen LogP contribution >= 0.6 is 11.8 Å². The maximum absolute atomic E-state index is 11.8. The van der Waals surface area contributed by atoms with Gasteiger partial charge in [0.05, 0.1) is 17.9 Å². The Bertz CT molecular complexity index is 642. The number of ether oxygens (including phenoxy) is 4. The van der Waals surface area contributed by atoms with Crippen LogP contribution < -0.4 is 5.32 Å². The second kappa shape index (κ2) is 8.49. The Morgan fingerprint density at radius 3 is 2.54 bits per heavy atom. The molecule has 3 rings (SSSR count). The van der Waals surface area contributed by atoms with Crippen LogP contribution in [0.2, 0.25) is 0 Å². The van der Waals surface area contributed by atoms with Gasteiger partial charge in [0.1, 0.15) is 12.2 Å². The largest absolute Gasteiger partial charge is 0.354 e. The van der Waals surface area contributed by atoms with Gasteiger partial charge in [-0.05, 0) is 0 Å². The Labute approximate surface area is 156 Å². The molecule has 7 nitrogen and oxygen atoms in total. The third kappa shape index (κ3) is 4.27. The minimum absolute atomic E-state index is 0.0628. The minimum atomic E-state index is -0.683. The first-order chi connectivity index (χ1) is 12.5. The quantitative estimate of drug-likeness (QED) is 0.849. The maximum Gasteiger partial charge on any atom is 0.217 e. The molecule has 1 amide bonds. The lowest BCUT2D eigenvalue weighted by molar-refractivity contribution is -0.316. The van der Waals surface area contributed by atoms with Gasteiger partial charge >= 0.3 is 0 Å². The van der Waals surface area contributed by atoms with Crippen LogP contribution in [0.5, 0.6) is 0 Å². The van der Waals surface area contributed by atoms with Gasteiger partial charge in [-0.3, -0.25) is 9.59 Å². The third-order valence-corrected chi connectivity index (χ3v) is 5.48. The van der Waals surface area contributed by atoms with Gasteiger partial charge in [0.25, 0.3) is 0 Å². The van der Waals surface area contributed by atoms with Crippen LogP contribution in [0.3, 0.4) is 0 Å². The van der Waals surface area contributed by atoms with Gasteiger partial charge in [0, 0.05) is 26.5 Å². The summed E-state index contributed by atoms with van der Waals surface area (Å²) >= 11 is 1.13. The van der Waals surface area contributed by atoms with Gasteiger partial charge in [0.15, 0.2) is 17.7 Å². The lowest BCUT2D eigenvalue weighted by Crippen LogP contribution is -2.65. The van der Waals surface area contributed by atoms with Gasteiger partial charge in [-0.2, -0.15) is 0 Å². The first-order valence-corrected chi connectivity index (χ1v) is 9.32. The fraction of sp³-hybridized carbons (Fsp3) is 0.556. The number of carbonyl (C=O) groups excluding carboxylic acids is 2. The molecule has 2 aliphatic rings. The maximum atomic E-state index is 11.8. The first-order valence-electron chi connectivity index (χ1n) is 8.44. The van der Waals surface area contributed by atoms with Gasteiger partial charge < -0.3 is 24.3 Å². The van der Waals surface area contributed by atoms with Crippen molar-refractivity contribution in [1.82, 2.24) is 5.32 Å². The highest BCUT2D eigenvalue weighted by Gasteiger charge is 2.51. The smallest absolute Gasteiger partial charge is 0.217 e. The number of amides is 1. The number of rotatable bonds is 4. The van der Waals surface area contributed by atoms with E-state index in [2.05, 4.69) is 5.32 Å². The minimum Gasteiger partial charge on any atom is -0.354 e. The molecule has 0 spiro atoms. The van der Waals surface area contributed by atoms with Crippen molar-refractivity contribution < 1.29 is 28.5 Å². The first kappa shape index (κ1) is 19.3. The number of thioether (sulfide) groups is 1. The molecule has 2 aliphatic heterocycles. The topological polar surface area (TPSA) is 83.1 Å². The molecule has 0 aromatic heterocycles. The lowest BCUT2D eigenvalue weighted by Gasteiger charge is -2.48. The molecular weight excluding hydrogens is 358 g/mol. The summed E-state index contributed by atoms with van der Waals surface area (Å²) < 4.78 is 23.3. The van der Waals surface area contributed by atoms with Crippen LogP contribution in [0.25, 0.3) is 0 Å². The van der Waals surface area contributed by atoms with Crippen molar-refractivity contribution >= 4 is 22.8 Å². The summed E-state index contributed by atoms with van der Waals surface area (Å²) in [5.41, 5.74) is 0.891. The molecule has 26 heavy (non-hydrogen) atoms. The number of hydrogen-bond donors (Lipinski definition) is 1. The summed E-state index contributed by atoms with van der Waals surface area (Å²) in [4.78, 5) is 23.5. The standard InChI is InChI=1S/C18H23NO6S/c1-10(20)19-14-16(26-11(2)21)15-13(24-18(14)22-3)9-23-17(25-15)12-7-5-4-6-8-12/h4-8,13-18H,9H2,1-3H3,(H,19,20)/t13-,14-,15-,16+,17-,18-/m1/s1. The van der Waals surface area contributed by atoms with Crippen LogP contribution in [0.4, 0.5) is 0 Å². The Morgan fingerprint density at radius 1 is 1.19 bits per heavy atom. The second-order valence-corrected chi connectivity index (χ2v) is 7.61. The SMILES string of the molecule is CO[C@@H]1O[C@@H]2CO[C@@H](c3ccccc3)O[C@H]2[C@@H](SC(C)=O)[C@H]1NC(C)=O. The monoisotopic (exact) mass is 381 g/mol. The van der Waals surface area contributed by atoms with Gasteiger partial charge in [-0.1, -0.05) is 42.1 Å². The highest BCUT2D eigenvalue weighted by molar-refractivity contribution is 8.14. The predicted molar refractivity (Wildman–Crippen MR) is 95.3 cm³/mol. The van der Waals surface area contributed by atoms with Crippen LogP contribution in [0.15, 0.2) is 30.3 Å². The number of fused-ring (bicyclic) bond motifs is 1. The van der Waals surface area contributed by atoms with Gasteiger partial charge in [0.2, 0.25) is 5.91 Å². The van der Waals surface area contributed by atoms with E-state index < -0.39 is 24.7 Å². The highest BCUT2D eigenvalue weighted by Crippen LogP contribution is 2.39. The molecule has 1 aromatic carbocycles. The van der Waals surface area contributed by atoms with Crippen molar-refractivity contribution in [2.24, 2.45) is 0 Å². The number of hydrogen-bond acceptors (Lipinski definition) is 7. The average molecular weight is 381 g/mol. The molecule has 142 valence electrons. The van der Waals surface area contributed by atoms with Gasteiger partial charge in [-0.25, -0.2) is 0 Å². The summed E-state index contributed by atoms with van der Waals surface area (Å²) in [5.74, 6) is -0.222. The van der Waals surface area contributed by atoms with E-state index in [1.165, 1.54) is 21.0 Å². The van der Waals surface area contributed by atoms with E-state index in [0.29, 0.717) is 6.61 Å². The Kier molecular flexibility index (Phi) is 6.31. The Morgan fingerprint density at radius 2 is 1.92 bits per heavy atom. The van der Waals surface area contributed by atoms with E-state index in [4.69, 9.17) is 18.9 Å². The normalized spacial score (nSPS) is 34.0. The van der Waals surface area contributed by atoms with E-state index in [1.54, 1.807) is 0 Å². The van der Waals surface area contributed by atoms with E-state index >= 15 is 0 Å². The average Bonchev–Trinajstić information content (AvgIpc) is 2.63. The predicted octanol–water partition coefficient (Wildman–Crippen LogP) is 1.62. The molecular formula is C18H23NO6S. The summed E-state index contributed by atoms with van der Waals surface area (Å²) in [6.07, 6.45) is -2.04. The Hall–Kier alpha value is -1.45. The third-order valence-electron chi connectivity index (χ3n) is 4.31. The number of benzene rings is 1. The zero-order chi connectivity index (χ0) is 18.7. The van der Waals surface area contributed by atoms with E-state index in [9.17, 15) is 9.59 Å². The molecule has 0 bridgehead atoms. The van der Waals surface area contributed by atoms with Crippen LogP contribution in [0.1, 0.15) is 25.7 Å². The van der Waals surface area contributed by atoms with Gasteiger partial charge in [-0.15, -0.1) is 0 Å².